The van der Waals surface area contributed by atoms with Gasteiger partial charge in [-0.3, -0.25) is 14.5 Å². The van der Waals surface area contributed by atoms with Crippen LogP contribution in [0.2, 0.25) is 0 Å². The lowest BCUT2D eigenvalue weighted by Crippen LogP contribution is -2.35. The van der Waals surface area contributed by atoms with Crippen molar-refractivity contribution in [2.24, 2.45) is 5.92 Å². The van der Waals surface area contributed by atoms with E-state index in [2.05, 4.69) is 20.7 Å². The van der Waals surface area contributed by atoms with Gasteiger partial charge in [-0.2, -0.15) is 15.4 Å². The number of aromatic nitrogens is 3. The number of nitrogens with zero attached hydrogens (tertiary/aromatic N) is 3. The van der Waals surface area contributed by atoms with Gasteiger partial charge in [0.1, 0.15) is 0 Å². The third-order valence-electron chi connectivity index (χ3n) is 4.17. The number of aliphatic carboxylic acids is 1. The van der Waals surface area contributed by atoms with Crippen molar-refractivity contribution in [1.82, 2.24) is 25.6 Å². The van der Waals surface area contributed by atoms with E-state index in [-0.39, 0.29) is 30.7 Å². The molecule has 1 aliphatic heterocycles. The molecular formula is C15H19N5O3S. The molecule has 1 fully saturated rings. The van der Waals surface area contributed by atoms with Crippen molar-refractivity contribution in [3.05, 3.63) is 34.3 Å². The van der Waals surface area contributed by atoms with Crippen LogP contribution in [0.4, 0.5) is 0 Å². The Morgan fingerprint density at radius 3 is 3.00 bits per heavy atom. The van der Waals surface area contributed by atoms with Gasteiger partial charge in [0.25, 0.3) is 0 Å². The summed E-state index contributed by atoms with van der Waals surface area (Å²) < 4.78 is 0. The zero-order valence-corrected chi connectivity index (χ0v) is 13.8. The summed E-state index contributed by atoms with van der Waals surface area (Å²) >= 11 is 1.60. The lowest BCUT2D eigenvalue weighted by Gasteiger charge is -2.14. The Hall–Kier alpha value is -2.26. The normalized spacial score (nSPS) is 21.0. The van der Waals surface area contributed by atoms with E-state index in [4.69, 9.17) is 5.11 Å². The topological polar surface area (TPSA) is 111 Å². The highest BCUT2D eigenvalue weighted by molar-refractivity contribution is 7.09. The fourth-order valence-corrected chi connectivity index (χ4v) is 3.75. The van der Waals surface area contributed by atoms with E-state index in [1.807, 2.05) is 22.4 Å². The summed E-state index contributed by atoms with van der Waals surface area (Å²) in [6.07, 6.45) is 1.69. The Labute approximate surface area is 142 Å². The monoisotopic (exact) mass is 349 g/mol. The summed E-state index contributed by atoms with van der Waals surface area (Å²) in [6.45, 7) is 1.96. The summed E-state index contributed by atoms with van der Waals surface area (Å²) in [7, 11) is 0. The zero-order chi connectivity index (χ0) is 16.9. The molecular weight excluding hydrogens is 330 g/mol. The SMILES string of the molecule is O=C(O)C[C@@H]1CN(CC(=O)NCc2cccs2)C[C@@H]1c1cn[nH]n1. The van der Waals surface area contributed by atoms with Gasteiger partial charge in [-0.25, -0.2) is 0 Å². The number of carbonyl (C=O) groups is 2. The number of hydrogen-bond donors (Lipinski definition) is 3. The van der Waals surface area contributed by atoms with Crippen LogP contribution in [0.3, 0.4) is 0 Å². The summed E-state index contributed by atoms with van der Waals surface area (Å²) in [6, 6.07) is 3.93. The number of carboxylic acid groups (broad SMARTS) is 1. The van der Waals surface area contributed by atoms with Gasteiger partial charge in [0.15, 0.2) is 0 Å². The number of likely N-dealkylation sites (tertiary alicyclic amines) is 1. The molecule has 2 atom stereocenters. The van der Waals surface area contributed by atoms with E-state index < -0.39 is 5.97 Å². The minimum Gasteiger partial charge on any atom is -0.481 e. The van der Waals surface area contributed by atoms with Crippen LogP contribution in [0.15, 0.2) is 23.7 Å². The van der Waals surface area contributed by atoms with Gasteiger partial charge in [0, 0.05) is 23.9 Å². The molecule has 8 nitrogen and oxygen atoms in total. The highest BCUT2D eigenvalue weighted by Gasteiger charge is 2.37. The number of amides is 1. The van der Waals surface area contributed by atoms with Gasteiger partial charge in [0.05, 0.1) is 31.4 Å². The van der Waals surface area contributed by atoms with Crippen LogP contribution in [0.1, 0.15) is 22.9 Å². The molecule has 1 aliphatic rings. The van der Waals surface area contributed by atoms with Crippen LogP contribution in [-0.2, 0) is 16.1 Å². The van der Waals surface area contributed by atoms with E-state index in [0.717, 1.165) is 10.6 Å². The third kappa shape index (κ3) is 4.18. The van der Waals surface area contributed by atoms with Gasteiger partial charge in [0.2, 0.25) is 5.91 Å². The van der Waals surface area contributed by atoms with Crippen molar-refractivity contribution in [2.75, 3.05) is 19.6 Å². The Morgan fingerprint density at radius 2 is 2.33 bits per heavy atom. The first-order valence-electron chi connectivity index (χ1n) is 7.70. The maximum absolute atomic E-state index is 12.1. The molecule has 1 saturated heterocycles. The quantitative estimate of drug-likeness (QED) is 0.678. The molecule has 3 rings (SSSR count). The lowest BCUT2D eigenvalue weighted by atomic mass is 9.91. The molecule has 1 amide bonds. The summed E-state index contributed by atoms with van der Waals surface area (Å²) in [5.41, 5.74) is 0.753. The number of H-pyrrole nitrogens is 1. The number of carbonyl (C=O) groups excluding carboxylic acids is 1. The first-order valence-corrected chi connectivity index (χ1v) is 8.58. The maximum atomic E-state index is 12.1. The molecule has 3 heterocycles. The molecule has 0 spiro atoms. The molecule has 2 aromatic rings. The number of aromatic amines is 1. The predicted molar refractivity (Wildman–Crippen MR) is 87.5 cm³/mol. The molecule has 3 N–H and O–H groups in total. The van der Waals surface area contributed by atoms with Crippen LogP contribution < -0.4 is 5.32 Å². The summed E-state index contributed by atoms with van der Waals surface area (Å²) in [4.78, 5) is 26.3. The highest BCUT2D eigenvalue weighted by atomic mass is 32.1. The van der Waals surface area contributed by atoms with E-state index in [1.165, 1.54) is 0 Å². The Morgan fingerprint density at radius 1 is 1.46 bits per heavy atom. The van der Waals surface area contributed by atoms with Crippen molar-refractivity contribution in [3.8, 4) is 0 Å². The molecule has 2 aromatic heterocycles. The van der Waals surface area contributed by atoms with Crippen molar-refractivity contribution >= 4 is 23.2 Å². The number of hydrogen-bond acceptors (Lipinski definition) is 6. The number of carboxylic acids is 1. The number of nitrogens with one attached hydrogen (secondary N) is 2. The molecule has 0 bridgehead atoms. The fraction of sp³-hybridized carbons (Fsp3) is 0.467. The molecule has 0 aromatic carbocycles. The van der Waals surface area contributed by atoms with Crippen molar-refractivity contribution < 1.29 is 14.7 Å². The Bertz CT molecular complexity index is 673. The average Bonchev–Trinajstić information content (AvgIpc) is 3.26. The van der Waals surface area contributed by atoms with E-state index >= 15 is 0 Å². The van der Waals surface area contributed by atoms with E-state index in [9.17, 15) is 9.59 Å². The largest absolute Gasteiger partial charge is 0.481 e. The van der Waals surface area contributed by atoms with Crippen LogP contribution in [0.25, 0.3) is 0 Å². The fourth-order valence-electron chi connectivity index (χ4n) is 3.10. The second-order valence-corrected chi connectivity index (χ2v) is 6.94. The molecule has 0 aliphatic carbocycles. The van der Waals surface area contributed by atoms with Crippen molar-refractivity contribution in [3.63, 3.8) is 0 Å². The Kier molecular flexibility index (Phi) is 5.21. The Balaban J connectivity index is 1.56. The molecule has 128 valence electrons. The summed E-state index contributed by atoms with van der Waals surface area (Å²) in [5, 5.41) is 24.4. The van der Waals surface area contributed by atoms with Crippen molar-refractivity contribution in [2.45, 2.75) is 18.9 Å². The third-order valence-corrected chi connectivity index (χ3v) is 5.05. The molecule has 24 heavy (non-hydrogen) atoms. The molecule has 9 heteroatoms. The van der Waals surface area contributed by atoms with Gasteiger partial charge in [-0.05, 0) is 17.4 Å². The molecule has 0 unspecified atom stereocenters. The standard InChI is InChI=1S/C15H19N5O3S/c21-14(16-5-11-2-1-3-24-11)9-20-7-10(4-15(22)23)12(8-20)13-6-17-19-18-13/h1-3,6,10,12H,4-5,7-9H2,(H,16,21)(H,22,23)(H,17,18,19)/t10-,12+/m1/s1. The first kappa shape index (κ1) is 16.6. The smallest absolute Gasteiger partial charge is 0.303 e. The minimum atomic E-state index is -0.836. The lowest BCUT2D eigenvalue weighted by molar-refractivity contribution is -0.138. The van der Waals surface area contributed by atoms with Gasteiger partial charge in [-0.1, -0.05) is 6.07 Å². The van der Waals surface area contributed by atoms with Gasteiger partial charge >= 0.3 is 5.97 Å². The van der Waals surface area contributed by atoms with Gasteiger partial charge in [-0.15, -0.1) is 11.3 Å². The second-order valence-electron chi connectivity index (χ2n) is 5.91. The van der Waals surface area contributed by atoms with Gasteiger partial charge < -0.3 is 10.4 Å². The molecule has 0 radical (unpaired) electrons. The minimum absolute atomic E-state index is 0.0232. The number of rotatable bonds is 7. The van der Waals surface area contributed by atoms with Crippen LogP contribution in [0.5, 0.6) is 0 Å². The van der Waals surface area contributed by atoms with E-state index in [0.29, 0.717) is 19.6 Å². The first-order chi connectivity index (χ1) is 11.6. The maximum Gasteiger partial charge on any atom is 0.303 e. The van der Waals surface area contributed by atoms with E-state index in [1.54, 1.807) is 17.5 Å². The van der Waals surface area contributed by atoms with Crippen LogP contribution >= 0.6 is 11.3 Å². The highest BCUT2D eigenvalue weighted by Crippen LogP contribution is 2.33. The zero-order valence-electron chi connectivity index (χ0n) is 13.0. The predicted octanol–water partition coefficient (Wildman–Crippen LogP) is 0.673. The van der Waals surface area contributed by atoms with Crippen LogP contribution in [-0.4, -0.2) is 56.9 Å². The summed E-state index contributed by atoms with van der Waals surface area (Å²) in [5.74, 6) is -0.988. The van der Waals surface area contributed by atoms with Crippen LogP contribution in [0, 0.1) is 5.92 Å². The second kappa shape index (κ2) is 7.54. The molecule has 0 saturated carbocycles. The van der Waals surface area contributed by atoms with Crippen molar-refractivity contribution in [1.29, 1.82) is 0 Å². The average molecular weight is 349 g/mol. The number of thiophene rings is 1.